The average molecular weight is 467 g/mol. The zero-order valence-corrected chi connectivity index (χ0v) is 20.2. The van der Waals surface area contributed by atoms with Crippen LogP contribution in [0.2, 0.25) is 0 Å². The highest BCUT2D eigenvalue weighted by Gasteiger charge is 2.14. The van der Waals surface area contributed by atoms with Crippen LogP contribution in [0.15, 0.2) is 42.7 Å². The van der Waals surface area contributed by atoms with Gasteiger partial charge < -0.3 is 23.7 Å². The van der Waals surface area contributed by atoms with Crippen LogP contribution in [0.25, 0.3) is 0 Å². The smallest absolute Gasteiger partial charge is 0.341 e. The lowest BCUT2D eigenvalue weighted by Gasteiger charge is -2.14. The van der Waals surface area contributed by atoms with Crippen molar-refractivity contribution in [1.82, 2.24) is 9.97 Å². The molecule has 0 fully saturated rings. The Bertz CT molecular complexity index is 1110. The Kier molecular flexibility index (Phi) is 8.67. The van der Waals surface area contributed by atoms with Crippen LogP contribution in [0.4, 0.5) is 0 Å². The Morgan fingerprint density at radius 2 is 1.26 bits per heavy atom. The van der Waals surface area contributed by atoms with Gasteiger partial charge in [-0.3, -0.25) is 9.97 Å². The lowest BCUT2D eigenvalue weighted by molar-refractivity contribution is 0.0597. The number of hydrogen-bond donors (Lipinski definition) is 0. The highest BCUT2D eigenvalue weighted by molar-refractivity contribution is 5.92. The van der Waals surface area contributed by atoms with E-state index in [9.17, 15) is 4.79 Å². The molecule has 0 amide bonds. The zero-order chi connectivity index (χ0) is 24.5. The maximum Gasteiger partial charge on any atom is 0.341 e. The summed E-state index contributed by atoms with van der Waals surface area (Å²) in [6, 6.07) is 9.37. The third-order valence-electron chi connectivity index (χ3n) is 5.47. The monoisotopic (exact) mass is 466 g/mol. The summed E-state index contributed by atoms with van der Waals surface area (Å²) in [5.74, 6) is 1.91. The summed E-state index contributed by atoms with van der Waals surface area (Å²) in [5, 5.41) is 0. The van der Waals surface area contributed by atoms with Gasteiger partial charge in [-0.2, -0.15) is 0 Å². The second-order valence-electron chi connectivity index (χ2n) is 7.56. The molecule has 180 valence electrons. The van der Waals surface area contributed by atoms with E-state index < -0.39 is 5.97 Å². The predicted molar refractivity (Wildman–Crippen MR) is 127 cm³/mol. The molecule has 0 N–H and O–H groups in total. The van der Waals surface area contributed by atoms with Gasteiger partial charge in [-0.1, -0.05) is 6.07 Å². The van der Waals surface area contributed by atoms with Gasteiger partial charge in [-0.05, 0) is 61.1 Å². The van der Waals surface area contributed by atoms with Gasteiger partial charge in [0.15, 0.2) is 11.5 Å². The first-order valence-corrected chi connectivity index (χ1v) is 10.9. The number of aromatic nitrogens is 2. The summed E-state index contributed by atoms with van der Waals surface area (Å²) in [4.78, 5) is 21.0. The van der Waals surface area contributed by atoms with E-state index in [0.29, 0.717) is 35.0 Å². The number of methoxy groups -OCH3 is 5. The summed E-state index contributed by atoms with van der Waals surface area (Å²) in [7, 11) is 7.69. The van der Waals surface area contributed by atoms with Crippen LogP contribution in [0.5, 0.6) is 23.0 Å². The van der Waals surface area contributed by atoms with Gasteiger partial charge >= 0.3 is 5.97 Å². The highest BCUT2D eigenvalue weighted by Crippen LogP contribution is 2.38. The van der Waals surface area contributed by atoms with E-state index in [0.717, 1.165) is 41.8 Å². The molecule has 0 aliphatic heterocycles. The van der Waals surface area contributed by atoms with Crippen LogP contribution in [0, 0.1) is 0 Å². The predicted octanol–water partition coefficient (Wildman–Crippen LogP) is 3.87. The first-order valence-electron chi connectivity index (χ1n) is 10.9. The van der Waals surface area contributed by atoms with E-state index >= 15 is 0 Å². The lowest BCUT2D eigenvalue weighted by Crippen LogP contribution is -2.05. The summed E-state index contributed by atoms with van der Waals surface area (Å²) in [6.07, 6.45) is 6.50. The molecule has 0 spiro atoms. The van der Waals surface area contributed by atoms with Crippen LogP contribution in [0.1, 0.15) is 32.9 Å². The fourth-order valence-corrected chi connectivity index (χ4v) is 3.69. The maximum atomic E-state index is 11.8. The average Bonchev–Trinajstić information content (AvgIpc) is 2.89. The molecule has 8 heteroatoms. The van der Waals surface area contributed by atoms with Gasteiger partial charge in [0.2, 0.25) is 5.75 Å². The number of esters is 1. The van der Waals surface area contributed by atoms with Crippen molar-refractivity contribution in [3.05, 3.63) is 70.8 Å². The molecule has 0 radical (unpaired) electrons. The fraction of sp³-hybridized carbons (Fsp3) is 0.346. The molecular formula is C26H30N2O6. The molecular weight excluding hydrogens is 436 g/mol. The minimum absolute atomic E-state index is 0.405. The van der Waals surface area contributed by atoms with Gasteiger partial charge in [0.1, 0.15) is 11.3 Å². The number of benzene rings is 2. The lowest BCUT2D eigenvalue weighted by atomic mass is 10.0. The number of nitrogens with zero attached hydrogens (tertiary/aromatic N) is 2. The molecule has 2 aromatic carbocycles. The van der Waals surface area contributed by atoms with Crippen molar-refractivity contribution < 1.29 is 28.5 Å². The first kappa shape index (κ1) is 24.8. The molecule has 0 atom stereocenters. The second-order valence-corrected chi connectivity index (χ2v) is 7.56. The molecule has 0 aliphatic rings. The van der Waals surface area contributed by atoms with Crippen molar-refractivity contribution in [2.45, 2.75) is 25.7 Å². The Morgan fingerprint density at radius 1 is 0.706 bits per heavy atom. The van der Waals surface area contributed by atoms with Crippen LogP contribution in [-0.4, -0.2) is 51.5 Å². The van der Waals surface area contributed by atoms with Gasteiger partial charge in [-0.15, -0.1) is 0 Å². The zero-order valence-electron chi connectivity index (χ0n) is 20.2. The molecule has 3 rings (SSSR count). The number of ether oxygens (including phenoxy) is 5. The van der Waals surface area contributed by atoms with Crippen molar-refractivity contribution >= 4 is 5.97 Å². The van der Waals surface area contributed by atoms with Crippen molar-refractivity contribution in [1.29, 1.82) is 0 Å². The molecule has 1 aromatic heterocycles. The van der Waals surface area contributed by atoms with Gasteiger partial charge in [0.25, 0.3) is 0 Å². The number of rotatable bonds is 11. The van der Waals surface area contributed by atoms with Gasteiger partial charge in [0, 0.05) is 12.4 Å². The van der Waals surface area contributed by atoms with E-state index in [1.807, 2.05) is 24.3 Å². The molecule has 0 aliphatic carbocycles. The van der Waals surface area contributed by atoms with Crippen LogP contribution in [-0.2, 0) is 30.4 Å². The van der Waals surface area contributed by atoms with E-state index in [4.69, 9.17) is 28.7 Å². The molecule has 8 nitrogen and oxygen atoms in total. The van der Waals surface area contributed by atoms with E-state index in [2.05, 4.69) is 4.98 Å². The van der Waals surface area contributed by atoms with Crippen LogP contribution in [0.3, 0.4) is 0 Å². The summed E-state index contributed by atoms with van der Waals surface area (Å²) >= 11 is 0. The van der Waals surface area contributed by atoms with Crippen LogP contribution >= 0.6 is 0 Å². The number of carbonyl (C=O) groups is 1. The first-order chi connectivity index (χ1) is 16.5. The summed E-state index contributed by atoms with van der Waals surface area (Å²) in [5.41, 5.74) is 4.30. The summed E-state index contributed by atoms with van der Waals surface area (Å²) in [6.45, 7) is 0. The normalized spacial score (nSPS) is 10.5. The van der Waals surface area contributed by atoms with E-state index in [1.165, 1.54) is 14.2 Å². The third kappa shape index (κ3) is 5.95. The quantitative estimate of drug-likeness (QED) is 0.394. The molecule has 1 heterocycles. The Balaban J connectivity index is 1.66. The number of hydrogen-bond acceptors (Lipinski definition) is 8. The van der Waals surface area contributed by atoms with Crippen molar-refractivity contribution in [2.75, 3.05) is 35.5 Å². The Hall–Kier alpha value is -3.81. The Labute approximate surface area is 199 Å². The topological polar surface area (TPSA) is 89.0 Å². The van der Waals surface area contributed by atoms with Gasteiger partial charge in [0.05, 0.1) is 46.9 Å². The maximum absolute atomic E-state index is 11.8. The minimum atomic E-state index is -0.422. The molecule has 3 aromatic rings. The fourth-order valence-electron chi connectivity index (χ4n) is 3.69. The number of carbonyl (C=O) groups excluding carboxylic acids is 1. The SMILES string of the molecule is COC(=O)c1ccc(CCc2cncc(CCc3cc(OC)c(OC)c(OC)c3)n2)cc1OC. The third-order valence-corrected chi connectivity index (χ3v) is 5.47. The highest BCUT2D eigenvalue weighted by atomic mass is 16.5. The van der Waals surface area contributed by atoms with Crippen molar-refractivity contribution in [3.8, 4) is 23.0 Å². The van der Waals surface area contributed by atoms with Crippen molar-refractivity contribution in [3.63, 3.8) is 0 Å². The second kappa shape index (κ2) is 11.9. The molecule has 0 saturated heterocycles. The summed E-state index contributed by atoms with van der Waals surface area (Å²) < 4.78 is 26.4. The molecule has 0 unspecified atom stereocenters. The standard InChI is InChI=1S/C26H30N2O6/c1-30-22-12-17(8-11-21(22)26(29)34-5)6-9-19-15-27-16-20(28-19)10-7-18-13-23(31-2)25(33-4)24(14-18)32-3/h8,11-16H,6-7,9-10H2,1-5H3. The molecule has 0 saturated carbocycles. The Morgan fingerprint density at radius 3 is 1.79 bits per heavy atom. The van der Waals surface area contributed by atoms with Gasteiger partial charge in [-0.25, -0.2) is 4.79 Å². The van der Waals surface area contributed by atoms with Crippen molar-refractivity contribution in [2.24, 2.45) is 0 Å². The number of aryl methyl sites for hydroxylation is 4. The van der Waals surface area contributed by atoms with Crippen LogP contribution < -0.4 is 18.9 Å². The minimum Gasteiger partial charge on any atom is -0.496 e. The molecule has 0 bridgehead atoms. The molecule has 34 heavy (non-hydrogen) atoms. The van der Waals surface area contributed by atoms with E-state index in [-0.39, 0.29) is 0 Å². The largest absolute Gasteiger partial charge is 0.496 e. The van der Waals surface area contributed by atoms with E-state index in [1.54, 1.807) is 39.8 Å².